The molecular formula is C15H22F3N5O. The van der Waals surface area contributed by atoms with Gasteiger partial charge in [0.15, 0.2) is 5.82 Å². The monoisotopic (exact) mass is 345 g/mol. The number of alkyl halides is 3. The molecular weight excluding hydrogens is 323 g/mol. The van der Waals surface area contributed by atoms with Crippen LogP contribution in [0.2, 0.25) is 0 Å². The van der Waals surface area contributed by atoms with Gasteiger partial charge in [-0.25, -0.2) is 0 Å². The number of nitrogens with one attached hydrogen (secondary N) is 2. The minimum absolute atomic E-state index is 0.0147. The second-order valence-corrected chi connectivity index (χ2v) is 6.05. The number of aliphatic hydroxyl groups excluding tert-OH is 1. The Kier molecular flexibility index (Phi) is 5.63. The minimum Gasteiger partial charge on any atom is -0.389 e. The van der Waals surface area contributed by atoms with Crippen molar-refractivity contribution in [3.8, 4) is 0 Å². The standard InChI is InChI=1S/C15H22F3N5O/c1-4-11(15(16,17)18)20-14-22-12(9-5-6-10(24)7-9)21-13(23-14)19-8(2)3/h7-8,10-11,24H,4-6H2,1-3H3,(H2,19,20,21,22,23)/t10?,11-/m1/s1. The van der Waals surface area contributed by atoms with Crippen molar-refractivity contribution in [2.24, 2.45) is 0 Å². The highest BCUT2D eigenvalue weighted by molar-refractivity contribution is 5.64. The van der Waals surface area contributed by atoms with Crippen LogP contribution in [0.25, 0.3) is 5.57 Å². The Morgan fingerprint density at radius 3 is 2.29 bits per heavy atom. The molecule has 2 rings (SSSR count). The quantitative estimate of drug-likeness (QED) is 0.735. The average molecular weight is 345 g/mol. The largest absolute Gasteiger partial charge is 0.408 e. The molecule has 0 spiro atoms. The van der Waals surface area contributed by atoms with Crippen molar-refractivity contribution in [3.63, 3.8) is 0 Å². The molecule has 1 aromatic rings. The fraction of sp³-hybridized carbons (Fsp3) is 0.667. The van der Waals surface area contributed by atoms with Crippen LogP contribution in [0.15, 0.2) is 6.08 Å². The van der Waals surface area contributed by atoms with E-state index in [1.165, 1.54) is 6.92 Å². The molecule has 24 heavy (non-hydrogen) atoms. The molecule has 3 N–H and O–H groups in total. The highest BCUT2D eigenvalue weighted by Gasteiger charge is 2.39. The molecule has 1 aliphatic rings. The summed E-state index contributed by atoms with van der Waals surface area (Å²) < 4.78 is 38.9. The molecule has 9 heteroatoms. The SMILES string of the molecule is CC[C@@H](Nc1nc(NC(C)C)nc(C2=CC(O)CC2)n1)C(F)(F)F. The lowest BCUT2D eigenvalue weighted by atomic mass is 10.2. The molecule has 0 amide bonds. The van der Waals surface area contributed by atoms with Crippen LogP contribution in [-0.4, -0.2) is 44.4 Å². The van der Waals surface area contributed by atoms with Gasteiger partial charge in [0.05, 0.1) is 6.10 Å². The first kappa shape index (κ1) is 18.4. The number of aliphatic hydroxyl groups is 1. The fourth-order valence-electron chi connectivity index (χ4n) is 2.37. The van der Waals surface area contributed by atoms with E-state index in [4.69, 9.17) is 0 Å². The van der Waals surface area contributed by atoms with Gasteiger partial charge in [0.25, 0.3) is 0 Å². The number of hydrogen-bond donors (Lipinski definition) is 3. The molecule has 1 unspecified atom stereocenters. The average Bonchev–Trinajstić information content (AvgIpc) is 2.89. The van der Waals surface area contributed by atoms with Crippen LogP contribution >= 0.6 is 0 Å². The number of anilines is 2. The highest BCUT2D eigenvalue weighted by Crippen LogP contribution is 2.28. The third-order valence-corrected chi connectivity index (χ3v) is 3.55. The summed E-state index contributed by atoms with van der Waals surface area (Å²) in [6.45, 7) is 5.19. The second kappa shape index (κ2) is 7.33. The summed E-state index contributed by atoms with van der Waals surface area (Å²) in [5, 5.41) is 14.9. The first-order valence-electron chi connectivity index (χ1n) is 7.94. The predicted octanol–water partition coefficient (Wildman–Crippen LogP) is 2.98. The molecule has 134 valence electrons. The van der Waals surface area contributed by atoms with E-state index < -0.39 is 18.3 Å². The van der Waals surface area contributed by atoms with E-state index in [1.54, 1.807) is 6.08 Å². The van der Waals surface area contributed by atoms with Crippen molar-refractivity contribution in [3.05, 3.63) is 11.9 Å². The third kappa shape index (κ3) is 4.80. The summed E-state index contributed by atoms with van der Waals surface area (Å²) in [5.74, 6) is 0.357. The van der Waals surface area contributed by atoms with Crippen LogP contribution in [0.5, 0.6) is 0 Å². The minimum atomic E-state index is -4.39. The van der Waals surface area contributed by atoms with Crippen LogP contribution in [0.1, 0.15) is 45.9 Å². The number of hydrogen-bond acceptors (Lipinski definition) is 6. The maximum absolute atomic E-state index is 13.0. The van der Waals surface area contributed by atoms with Gasteiger partial charge in [-0.15, -0.1) is 0 Å². The zero-order valence-corrected chi connectivity index (χ0v) is 13.9. The first-order chi connectivity index (χ1) is 11.2. The summed E-state index contributed by atoms with van der Waals surface area (Å²) in [6.07, 6.45) is -2.36. The Morgan fingerprint density at radius 2 is 1.83 bits per heavy atom. The lowest BCUT2D eigenvalue weighted by Crippen LogP contribution is -2.36. The zero-order valence-electron chi connectivity index (χ0n) is 13.9. The molecule has 0 radical (unpaired) electrons. The van der Waals surface area contributed by atoms with Crippen molar-refractivity contribution in [1.29, 1.82) is 0 Å². The summed E-state index contributed by atoms with van der Waals surface area (Å²) in [6, 6.07) is -1.72. The lowest BCUT2D eigenvalue weighted by Gasteiger charge is -2.20. The fourth-order valence-corrected chi connectivity index (χ4v) is 2.37. The number of halogens is 3. The number of rotatable bonds is 6. The summed E-state index contributed by atoms with van der Waals surface area (Å²) >= 11 is 0. The van der Waals surface area contributed by atoms with Gasteiger partial charge < -0.3 is 15.7 Å². The normalized spacial score (nSPS) is 19.3. The maximum Gasteiger partial charge on any atom is 0.408 e. The molecule has 1 aromatic heterocycles. The second-order valence-electron chi connectivity index (χ2n) is 6.05. The van der Waals surface area contributed by atoms with Crippen LogP contribution in [0.3, 0.4) is 0 Å². The Hall–Kier alpha value is -1.90. The molecule has 2 atom stereocenters. The third-order valence-electron chi connectivity index (χ3n) is 3.55. The Balaban J connectivity index is 2.34. The molecule has 0 aliphatic heterocycles. The number of nitrogens with zero attached hydrogens (tertiary/aromatic N) is 3. The van der Waals surface area contributed by atoms with E-state index in [0.29, 0.717) is 18.4 Å². The first-order valence-corrected chi connectivity index (χ1v) is 7.94. The van der Waals surface area contributed by atoms with Gasteiger partial charge in [-0.05, 0) is 44.8 Å². The molecule has 0 bridgehead atoms. The van der Waals surface area contributed by atoms with Gasteiger partial charge >= 0.3 is 6.18 Å². The van der Waals surface area contributed by atoms with E-state index in [2.05, 4.69) is 25.6 Å². The number of allylic oxidation sites excluding steroid dienone is 1. The molecule has 1 aliphatic carbocycles. The van der Waals surface area contributed by atoms with Crippen molar-refractivity contribution in [1.82, 2.24) is 15.0 Å². The van der Waals surface area contributed by atoms with Gasteiger partial charge in [0.2, 0.25) is 11.9 Å². The summed E-state index contributed by atoms with van der Waals surface area (Å²) in [7, 11) is 0. The van der Waals surface area contributed by atoms with Crippen molar-refractivity contribution in [2.75, 3.05) is 10.6 Å². The van der Waals surface area contributed by atoms with E-state index in [-0.39, 0.29) is 30.2 Å². The van der Waals surface area contributed by atoms with E-state index >= 15 is 0 Å². The van der Waals surface area contributed by atoms with Gasteiger partial charge in [-0.2, -0.15) is 28.1 Å². The van der Waals surface area contributed by atoms with Crippen LogP contribution in [0, 0.1) is 0 Å². The van der Waals surface area contributed by atoms with Crippen LogP contribution < -0.4 is 10.6 Å². The number of aromatic nitrogens is 3. The van der Waals surface area contributed by atoms with Gasteiger partial charge in [-0.1, -0.05) is 6.92 Å². The Bertz CT molecular complexity index is 603. The van der Waals surface area contributed by atoms with Crippen LogP contribution in [0.4, 0.5) is 25.1 Å². The molecule has 0 aromatic carbocycles. The zero-order chi connectivity index (χ0) is 17.9. The van der Waals surface area contributed by atoms with Gasteiger partial charge in [-0.3, -0.25) is 0 Å². The topological polar surface area (TPSA) is 83.0 Å². The molecule has 0 saturated carbocycles. The van der Waals surface area contributed by atoms with Crippen LogP contribution in [-0.2, 0) is 0 Å². The molecule has 0 saturated heterocycles. The smallest absolute Gasteiger partial charge is 0.389 e. The van der Waals surface area contributed by atoms with E-state index in [0.717, 1.165) is 0 Å². The molecule has 6 nitrogen and oxygen atoms in total. The van der Waals surface area contributed by atoms with Gasteiger partial charge in [0.1, 0.15) is 6.04 Å². The van der Waals surface area contributed by atoms with Crippen molar-refractivity contribution in [2.45, 2.75) is 64.4 Å². The lowest BCUT2D eigenvalue weighted by molar-refractivity contribution is -0.143. The maximum atomic E-state index is 13.0. The Labute approximate surface area is 138 Å². The summed E-state index contributed by atoms with van der Waals surface area (Å²) in [5.41, 5.74) is 0.708. The molecule has 0 fully saturated rings. The summed E-state index contributed by atoms with van der Waals surface area (Å²) in [4.78, 5) is 12.4. The predicted molar refractivity (Wildman–Crippen MR) is 85.6 cm³/mol. The van der Waals surface area contributed by atoms with E-state index in [9.17, 15) is 18.3 Å². The Morgan fingerprint density at radius 1 is 1.21 bits per heavy atom. The van der Waals surface area contributed by atoms with Crippen molar-refractivity contribution < 1.29 is 18.3 Å². The molecule has 1 heterocycles. The van der Waals surface area contributed by atoms with Gasteiger partial charge in [0, 0.05) is 6.04 Å². The highest BCUT2D eigenvalue weighted by atomic mass is 19.4. The van der Waals surface area contributed by atoms with E-state index in [1.807, 2.05) is 13.8 Å². The van der Waals surface area contributed by atoms with Crippen molar-refractivity contribution >= 4 is 17.5 Å².